The zero-order valence-corrected chi connectivity index (χ0v) is 16.8. The summed E-state index contributed by atoms with van der Waals surface area (Å²) in [4.78, 5) is 13.6. The van der Waals surface area contributed by atoms with E-state index in [9.17, 15) is 27.1 Å². The Kier molecular flexibility index (Phi) is 6.51. The Hall–Kier alpha value is -1.29. The molecule has 0 unspecified atom stereocenters. The lowest BCUT2D eigenvalue weighted by Gasteiger charge is -2.32. The molecule has 2 rings (SSSR count). The van der Waals surface area contributed by atoms with Crippen molar-refractivity contribution in [2.24, 2.45) is 0 Å². The molecule has 0 radical (unpaired) electrons. The second kappa shape index (κ2) is 7.98. The Morgan fingerprint density at radius 1 is 1.44 bits per heavy atom. The quantitative estimate of drug-likeness (QED) is 0.727. The molecule has 1 aliphatic heterocycles. The molecule has 3 atom stereocenters. The first-order chi connectivity index (χ1) is 12.4. The van der Waals surface area contributed by atoms with Gasteiger partial charge in [-0.25, -0.2) is 21.9 Å². The largest absolute Gasteiger partial charge is 0.381 e. The predicted octanol–water partition coefficient (Wildman–Crippen LogP) is 1.65. The van der Waals surface area contributed by atoms with E-state index in [0.29, 0.717) is 0 Å². The van der Waals surface area contributed by atoms with Crippen molar-refractivity contribution in [1.29, 1.82) is 0 Å². The fraction of sp³-hybridized carbons (Fsp3) is 0.588. The topological polar surface area (TPSA) is 86.7 Å². The molecule has 0 saturated carbocycles. The lowest BCUT2D eigenvalue weighted by atomic mass is 9.98. The molecular formula is C17H23ClF2N2O4S. The molecule has 1 aliphatic rings. The summed E-state index contributed by atoms with van der Waals surface area (Å²) in [5.74, 6) is -1.75. The van der Waals surface area contributed by atoms with Crippen LogP contribution in [0.5, 0.6) is 0 Å². The minimum Gasteiger partial charge on any atom is -0.381 e. The Labute approximate surface area is 162 Å². The van der Waals surface area contributed by atoms with Gasteiger partial charge in [-0.05, 0) is 38.8 Å². The number of likely N-dealkylation sites (tertiary alicyclic amines) is 1. The van der Waals surface area contributed by atoms with Crippen molar-refractivity contribution in [2.45, 2.75) is 51.0 Å². The van der Waals surface area contributed by atoms with Crippen LogP contribution in [0, 0.1) is 5.82 Å². The van der Waals surface area contributed by atoms with Gasteiger partial charge in [0.05, 0.1) is 29.4 Å². The summed E-state index contributed by atoms with van der Waals surface area (Å²) in [6.07, 6.45) is -1.86. The fourth-order valence-corrected chi connectivity index (χ4v) is 4.15. The molecule has 27 heavy (non-hydrogen) atoms. The van der Waals surface area contributed by atoms with Crippen molar-refractivity contribution in [3.8, 4) is 0 Å². The number of benzene rings is 1. The van der Waals surface area contributed by atoms with E-state index in [2.05, 4.69) is 4.72 Å². The minimum atomic E-state index is -3.77. The summed E-state index contributed by atoms with van der Waals surface area (Å²) in [5, 5.41) is 9.90. The van der Waals surface area contributed by atoms with E-state index in [1.165, 1.54) is 39.0 Å². The molecule has 1 aromatic carbocycles. The first kappa shape index (κ1) is 22.0. The fourth-order valence-electron chi connectivity index (χ4n) is 3.07. The first-order valence-electron chi connectivity index (χ1n) is 8.47. The average Bonchev–Trinajstić information content (AvgIpc) is 2.86. The highest BCUT2D eigenvalue weighted by Gasteiger charge is 2.48. The van der Waals surface area contributed by atoms with Crippen LogP contribution in [0.2, 0.25) is 5.02 Å². The van der Waals surface area contributed by atoms with Crippen molar-refractivity contribution in [3.05, 3.63) is 34.6 Å². The van der Waals surface area contributed by atoms with E-state index >= 15 is 0 Å². The van der Waals surface area contributed by atoms with Crippen LogP contribution in [-0.4, -0.2) is 60.5 Å². The smallest absolute Gasteiger partial charge is 0.254 e. The molecule has 0 bridgehead atoms. The molecule has 1 saturated heterocycles. The zero-order valence-electron chi connectivity index (χ0n) is 15.2. The van der Waals surface area contributed by atoms with Crippen molar-refractivity contribution >= 4 is 27.5 Å². The maximum Gasteiger partial charge on any atom is 0.254 e. The molecule has 152 valence electrons. The van der Waals surface area contributed by atoms with Gasteiger partial charge in [0.1, 0.15) is 17.6 Å². The Balaban J connectivity index is 2.43. The number of halogens is 3. The highest BCUT2D eigenvalue weighted by atomic mass is 35.5. The lowest BCUT2D eigenvalue weighted by Crippen LogP contribution is -2.53. The third kappa shape index (κ3) is 4.96. The number of hydrogen-bond donors (Lipinski definition) is 2. The summed E-state index contributed by atoms with van der Waals surface area (Å²) in [5.41, 5.74) is -1.67. The van der Waals surface area contributed by atoms with Crippen molar-refractivity contribution in [1.82, 2.24) is 9.62 Å². The summed E-state index contributed by atoms with van der Waals surface area (Å²) < 4.78 is 55.2. The molecule has 0 aliphatic carbocycles. The number of sulfonamides is 1. The van der Waals surface area contributed by atoms with Gasteiger partial charge in [-0.15, -0.1) is 0 Å². The van der Waals surface area contributed by atoms with Gasteiger partial charge < -0.3 is 10.0 Å². The number of rotatable bonds is 6. The normalized spacial score (nSPS) is 23.7. The average molecular weight is 425 g/mol. The third-order valence-corrected chi connectivity index (χ3v) is 6.20. The van der Waals surface area contributed by atoms with Crippen LogP contribution in [0.15, 0.2) is 18.2 Å². The molecule has 1 aromatic rings. The number of amides is 1. The predicted molar refractivity (Wildman–Crippen MR) is 98.2 cm³/mol. The molecule has 0 spiro atoms. The van der Waals surface area contributed by atoms with E-state index in [-0.39, 0.29) is 22.8 Å². The van der Waals surface area contributed by atoms with Gasteiger partial charge >= 0.3 is 0 Å². The van der Waals surface area contributed by atoms with Gasteiger partial charge in [-0.2, -0.15) is 0 Å². The van der Waals surface area contributed by atoms with Crippen LogP contribution in [0.1, 0.15) is 26.3 Å². The Bertz CT molecular complexity index is 814. The molecule has 1 amide bonds. The minimum absolute atomic E-state index is 0.121. The van der Waals surface area contributed by atoms with Crippen LogP contribution in [0.3, 0.4) is 0 Å². The van der Waals surface area contributed by atoms with Crippen LogP contribution < -0.4 is 4.72 Å². The molecule has 6 nitrogen and oxygen atoms in total. The SMILES string of the molecule is CCS(=O)(=O)N[C@H]1[C@@H](F)CN(C(=O)C(C)(C)O)[C@H]1Cc1cccc(Cl)c1F. The number of carbonyl (C=O) groups is 1. The van der Waals surface area contributed by atoms with Gasteiger partial charge in [0.2, 0.25) is 10.0 Å². The standard InChI is InChI=1S/C17H23ClF2N2O4S/c1-4-27(25,26)21-15-12(19)9-22(16(23)17(2,3)24)13(15)8-10-6-5-7-11(18)14(10)20/h5-7,12-13,15,21,24H,4,8-9H2,1-3H3/t12-,13-,15-/m0/s1. The number of nitrogens with one attached hydrogen (secondary N) is 1. The van der Waals surface area contributed by atoms with Crippen molar-refractivity contribution in [3.63, 3.8) is 0 Å². The van der Waals surface area contributed by atoms with Crippen LogP contribution in [0.4, 0.5) is 8.78 Å². The Morgan fingerprint density at radius 3 is 2.63 bits per heavy atom. The summed E-state index contributed by atoms with van der Waals surface area (Å²) >= 11 is 5.78. The van der Waals surface area contributed by atoms with E-state index in [1.807, 2.05) is 0 Å². The highest BCUT2D eigenvalue weighted by Crippen LogP contribution is 2.29. The van der Waals surface area contributed by atoms with Gasteiger partial charge in [0, 0.05) is 0 Å². The number of alkyl halides is 1. The zero-order chi connectivity index (χ0) is 20.6. The Morgan fingerprint density at radius 2 is 2.07 bits per heavy atom. The van der Waals surface area contributed by atoms with E-state index in [0.717, 1.165) is 4.90 Å². The van der Waals surface area contributed by atoms with Crippen molar-refractivity contribution in [2.75, 3.05) is 12.3 Å². The van der Waals surface area contributed by atoms with Crippen LogP contribution in [0.25, 0.3) is 0 Å². The summed E-state index contributed by atoms with van der Waals surface area (Å²) in [6, 6.07) is 2.01. The molecule has 0 aromatic heterocycles. The number of hydrogen-bond acceptors (Lipinski definition) is 4. The molecule has 10 heteroatoms. The molecular weight excluding hydrogens is 402 g/mol. The second-order valence-electron chi connectivity index (χ2n) is 7.06. The van der Waals surface area contributed by atoms with Crippen LogP contribution in [-0.2, 0) is 21.2 Å². The summed E-state index contributed by atoms with van der Waals surface area (Å²) in [6.45, 7) is 3.49. The van der Waals surface area contributed by atoms with Crippen LogP contribution >= 0.6 is 11.6 Å². The van der Waals surface area contributed by atoms with Crippen molar-refractivity contribution < 1.29 is 27.1 Å². The van der Waals surface area contributed by atoms with E-state index < -0.39 is 52.1 Å². The third-order valence-electron chi connectivity index (χ3n) is 4.52. The number of carbonyl (C=O) groups excluding carboxylic acids is 1. The van der Waals surface area contributed by atoms with Gasteiger partial charge in [-0.1, -0.05) is 23.7 Å². The monoisotopic (exact) mass is 424 g/mol. The second-order valence-corrected chi connectivity index (χ2v) is 9.51. The number of nitrogens with zero attached hydrogens (tertiary/aromatic N) is 1. The maximum atomic E-state index is 14.7. The molecule has 2 N–H and O–H groups in total. The number of aliphatic hydroxyl groups is 1. The lowest BCUT2D eigenvalue weighted by molar-refractivity contribution is -0.149. The van der Waals surface area contributed by atoms with Gasteiger partial charge in [0.25, 0.3) is 5.91 Å². The molecule has 1 heterocycles. The first-order valence-corrected chi connectivity index (χ1v) is 10.5. The van der Waals surface area contributed by atoms with Gasteiger partial charge in [0.15, 0.2) is 0 Å². The maximum absolute atomic E-state index is 14.7. The van der Waals surface area contributed by atoms with Gasteiger partial charge in [-0.3, -0.25) is 4.79 Å². The van der Waals surface area contributed by atoms with E-state index in [4.69, 9.17) is 11.6 Å². The summed E-state index contributed by atoms with van der Waals surface area (Å²) in [7, 11) is -3.77. The van der Waals surface area contributed by atoms with E-state index in [1.54, 1.807) is 0 Å². The molecule has 1 fully saturated rings. The highest BCUT2D eigenvalue weighted by molar-refractivity contribution is 7.89.